The van der Waals surface area contributed by atoms with Crippen molar-refractivity contribution in [2.24, 2.45) is 0 Å². The Morgan fingerprint density at radius 2 is 1.29 bits per heavy atom. The Balaban J connectivity index is 1.59. The quantitative estimate of drug-likeness (QED) is 0.349. The molecular weight excluding hydrogens is 487 g/mol. The number of hydrogen-bond donors (Lipinski definition) is 2. The Bertz CT molecular complexity index is 1130. The van der Waals surface area contributed by atoms with Crippen LogP contribution >= 0.6 is 8.51 Å². The molecule has 0 radical (unpaired) electrons. The number of nitrogens with zero attached hydrogens (tertiary/aromatic N) is 2. The Hall–Kier alpha value is -1.91. The predicted octanol–water partition coefficient (Wildman–Crippen LogP) is 3.83. The molecule has 0 saturated heterocycles. The van der Waals surface area contributed by atoms with Gasteiger partial charge in [-0.05, 0) is 0 Å². The SMILES string of the molecule is O[CH](Cn1cccc1)[Zr]([Cl])([c]1cccc2c1Cc1ccccc1-2)[CH](O)Cn1cccc1. The van der Waals surface area contributed by atoms with Gasteiger partial charge in [0.25, 0.3) is 0 Å². The standard InChI is InChI=1S/C13H9.2C6H8NO.ClH.Zr/c1-3-7-12-10(5-1)9-11-6-2-4-8-13(11)12;2*8-6-5-7-3-1-2-4-7;;/h1-5,7-8H,9H2;2*1-4,6,8H,5H2;1H;/q;;;;+1/p-1. The first-order valence-electron chi connectivity index (χ1n) is 10.5. The molecule has 158 valence electrons. The van der Waals surface area contributed by atoms with Gasteiger partial charge < -0.3 is 0 Å². The van der Waals surface area contributed by atoms with E-state index in [0.717, 1.165) is 9.69 Å². The van der Waals surface area contributed by atoms with Crippen molar-refractivity contribution in [2.75, 3.05) is 0 Å². The van der Waals surface area contributed by atoms with E-state index >= 15 is 0 Å². The first kappa shape index (κ1) is 21.0. The van der Waals surface area contributed by atoms with Gasteiger partial charge in [-0.3, -0.25) is 0 Å². The van der Waals surface area contributed by atoms with Crippen LogP contribution in [0.5, 0.6) is 0 Å². The molecular formula is C25H25ClN2O2Zr. The number of fused-ring (bicyclic) bond motifs is 3. The van der Waals surface area contributed by atoms with Gasteiger partial charge in [0, 0.05) is 0 Å². The summed E-state index contributed by atoms with van der Waals surface area (Å²) in [4.78, 5) is 0. The Labute approximate surface area is 190 Å². The fraction of sp³-hybridized carbons (Fsp3) is 0.200. The van der Waals surface area contributed by atoms with Gasteiger partial charge in [0.15, 0.2) is 0 Å². The molecule has 2 aromatic heterocycles. The first-order chi connectivity index (χ1) is 15.1. The van der Waals surface area contributed by atoms with Crippen LogP contribution in [0.1, 0.15) is 11.1 Å². The summed E-state index contributed by atoms with van der Waals surface area (Å²) in [7, 11) is 7.51. The molecule has 0 bridgehead atoms. The average molecular weight is 512 g/mol. The molecule has 31 heavy (non-hydrogen) atoms. The van der Waals surface area contributed by atoms with Crippen molar-refractivity contribution in [3.8, 4) is 11.1 Å². The van der Waals surface area contributed by atoms with Crippen LogP contribution < -0.4 is 3.27 Å². The fourth-order valence-electron chi connectivity index (χ4n) is 4.75. The van der Waals surface area contributed by atoms with E-state index in [1.54, 1.807) is 0 Å². The fourth-order valence-corrected chi connectivity index (χ4v) is 14.4. The number of aliphatic hydroxyl groups is 2. The van der Waals surface area contributed by atoms with Gasteiger partial charge in [-0.2, -0.15) is 0 Å². The second-order valence-corrected chi connectivity index (χ2v) is 20.3. The summed E-state index contributed by atoms with van der Waals surface area (Å²) >= 11 is -4.29. The molecule has 2 aromatic carbocycles. The van der Waals surface area contributed by atoms with E-state index in [1.807, 2.05) is 70.3 Å². The van der Waals surface area contributed by atoms with Crippen molar-refractivity contribution in [3.05, 3.63) is 103 Å². The molecule has 4 nitrogen and oxygen atoms in total. The summed E-state index contributed by atoms with van der Waals surface area (Å²) in [5.74, 6) is 0. The van der Waals surface area contributed by atoms with E-state index in [9.17, 15) is 10.2 Å². The van der Waals surface area contributed by atoms with Gasteiger partial charge in [0.2, 0.25) is 0 Å². The maximum absolute atomic E-state index is 11.5. The van der Waals surface area contributed by atoms with Crippen molar-refractivity contribution in [3.63, 3.8) is 0 Å². The van der Waals surface area contributed by atoms with E-state index < -0.39 is 26.7 Å². The molecule has 0 aliphatic heterocycles. The van der Waals surface area contributed by atoms with Crippen LogP contribution in [0.4, 0.5) is 0 Å². The van der Waals surface area contributed by atoms with Gasteiger partial charge >= 0.3 is 191 Å². The van der Waals surface area contributed by atoms with E-state index in [-0.39, 0.29) is 0 Å². The van der Waals surface area contributed by atoms with Crippen LogP contribution in [0, 0.1) is 0 Å². The molecule has 0 saturated carbocycles. The zero-order valence-corrected chi connectivity index (χ0v) is 20.3. The monoisotopic (exact) mass is 510 g/mol. The molecule has 1 aliphatic carbocycles. The van der Waals surface area contributed by atoms with Crippen LogP contribution in [-0.2, 0) is 38.6 Å². The van der Waals surface area contributed by atoms with Crippen LogP contribution in [-0.4, -0.2) is 27.0 Å². The van der Waals surface area contributed by atoms with Crippen molar-refractivity contribution < 1.29 is 29.3 Å². The number of hydrogen-bond acceptors (Lipinski definition) is 2. The normalized spacial score (nSPS) is 16.4. The number of aromatic nitrogens is 2. The third-order valence-corrected chi connectivity index (χ3v) is 19.4. The summed E-state index contributed by atoms with van der Waals surface area (Å²) in [5, 5.41) is 23.0. The third kappa shape index (κ3) is 3.78. The minimum atomic E-state index is -4.29. The van der Waals surface area contributed by atoms with Crippen molar-refractivity contribution in [1.82, 2.24) is 9.13 Å². The minimum absolute atomic E-state index is 0.381. The van der Waals surface area contributed by atoms with Crippen LogP contribution in [0.15, 0.2) is 91.5 Å². The first-order valence-corrected chi connectivity index (χ1v) is 17.8. The number of aliphatic hydroxyl groups excluding tert-OH is 2. The molecule has 0 spiro atoms. The van der Waals surface area contributed by atoms with E-state index in [1.165, 1.54) is 22.3 Å². The van der Waals surface area contributed by atoms with Gasteiger partial charge in [-0.15, -0.1) is 0 Å². The van der Waals surface area contributed by atoms with Gasteiger partial charge in [-0.1, -0.05) is 0 Å². The molecule has 5 rings (SSSR count). The maximum atomic E-state index is 11.5. The van der Waals surface area contributed by atoms with Crippen LogP contribution in [0.2, 0.25) is 0 Å². The zero-order chi connectivity index (χ0) is 21.4. The Morgan fingerprint density at radius 3 is 1.90 bits per heavy atom. The summed E-state index contributed by atoms with van der Waals surface area (Å²) < 4.78 is 3.31. The van der Waals surface area contributed by atoms with E-state index in [4.69, 9.17) is 8.51 Å². The van der Waals surface area contributed by atoms with Crippen LogP contribution in [0.3, 0.4) is 0 Å². The summed E-state index contributed by atoms with van der Waals surface area (Å²) in [6.45, 7) is 0.762. The number of benzene rings is 2. The van der Waals surface area contributed by atoms with E-state index in [0.29, 0.717) is 13.1 Å². The molecule has 0 fully saturated rings. The second kappa shape index (κ2) is 8.56. The zero-order valence-electron chi connectivity index (χ0n) is 17.1. The van der Waals surface area contributed by atoms with Crippen molar-refractivity contribution in [2.45, 2.75) is 27.1 Å². The Morgan fingerprint density at radius 1 is 0.742 bits per heavy atom. The molecule has 2 heterocycles. The molecule has 4 aromatic rings. The average Bonchev–Trinajstić information content (AvgIpc) is 3.53. The summed E-state index contributed by atoms with van der Waals surface area (Å²) in [6.07, 6.45) is 8.50. The molecule has 1 aliphatic rings. The molecule has 2 atom stereocenters. The summed E-state index contributed by atoms with van der Waals surface area (Å²) in [6, 6.07) is 22.3. The number of rotatable bonds is 7. The van der Waals surface area contributed by atoms with Gasteiger partial charge in [-0.25, -0.2) is 0 Å². The third-order valence-electron chi connectivity index (χ3n) is 6.33. The number of halogens is 1. The van der Waals surface area contributed by atoms with Gasteiger partial charge in [0.05, 0.1) is 0 Å². The molecule has 0 amide bonds. The molecule has 2 N–H and O–H groups in total. The van der Waals surface area contributed by atoms with Crippen molar-refractivity contribution >= 4 is 11.8 Å². The topological polar surface area (TPSA) is 50.3 Å². The second-order valence-electron chi connectivity index (χ2n) is 8.22. The predicted molar refractivity (Wildman–Crippen MR) is 121 cm³/mol. The van der Waals surface area contributed by atoms with Crippen LogP contribution in [0.25, 0.3) is 11.1 Å². The van der Waals surface area contributed by atoms with Crippen molar-refractivity contribution in [1.29, 1.82) is 0 Å². The molecule has 2 unspecified atom stereocenters. The molecule has 6 heteroatoms. The summed E-state index contributed by atoms with van der Waals surface area (Å²) in [5.41, 5.74) is 4.85. The Kier molecular flexibility index (Phi) is 5.79. The van der Waals surface area contributed by atoms with E-state index in [2.05, 4.69) is 30.3 Å². The van der Waals surface area contributed by atoms with Gasteiger partial charge in [0.1, 0.15) is 0 Å².